The van der Waals surface area contributed by atoms with Crippen molar-refractivity contribution < 1.29 is 14.3 Å². The molecule has 0 aliphatic carbocycles. The highest BCUT2D eigenvalue weighted by molar-refractivity contribution is 7.10. The number of carbonyl (C=O) groups is 2. The molecule has 3 aromatic rings. The molecule has 2 heterocycles. The standard InChI is InChI=1S/C27H29ClN2O3S/c1-3-4-15-29(27(32)20-5-9-21(28)10-6-20)18-25(31)30-16-13-24-23(14-17-34-24)26(30)19-7-11-22(33-2)12-8-19/h5-12,14,17,26H,3-4,13,15-16,18H2,1-2H3. The summed E-state index contributed by atoms with van der Waals surface area (Å²) in [7, 11) is 1.64. The number of hydrogen-bond donors (Lipinski definition) is 0. The van der Waals surface area contributed by atoms with E-state index in [1.807, 2.05) is 29.2 Å². The van der Waals surface area contributed by atoms with Gasteiger partial charge in [-0.3, -0.25) is 9.59 Å². The molecular formula is C27H29ClN2O3S. The van der Waals surface area contributed by atoms with E-state index in [0.717, 1.165) is 30.6 Å². The van der Waals surface area contributed by atoms with Crippen molar-refractivity contribution in [3.05, 3.63) is 86.6 Å². The van der Waals surface area contributed by atoms with Crippen LogP contribution in [0.2, 0.25) is 5.02 Å². The Bertz CT molecular complexity index is 1130. The number of nitrogens with zero attached hydrogens (tertiary/aromatic N) is 2. The fraction of sp³-hybridized carbons (Fsp3) is 0.333. The van der Waals surface area contributed by atoms with Gasteiger partial charge in [0.25, 0.3) is 5.91 Å². The van der Waals surface area contributed by atoms with E-state index in [1.54, 1.807) is 47.6 Å². The molecule has 1 aliphatic heterocycles. The summed E-state index contributed by atoms with van der Waals surface area (Å²) in [5, 5.41) is 2.67. The van der Waals surface area contributed by atoms with Crippen molar-refractivity contribution in [2.24, 2.45) is 0 Å². The fourth-order valence-corrected chi connectivity index (χ4v) is 5.39. The minimum Gasteiger partial charge on any atom is -0.497 e. The second-order valence-electron chi connectivity index (χ2n) is 8.40. The summed E-state index contributed by atoms with van der Waals surface area (Å²) < 4.78 is 5.32. The smallest absolute Gasteiger partial charge is 0.254 e. The number of thiophene rings is 1. The van der Waals surface area contributed by atoms with Crippen LogP contribution in [-0.4, -0.2) is 48.4 Å². The number of halogens is 1. The number of rotatable bonds is 8. The van der Waals surface area contributed by atoms with Gasteiger partial charge in [0.1, 0.15) is 12.3 Å². The van der Waals surface area contributed by atoms with Crippen LogP contribution in [0.3, 0.4) is 0 Å². The molecule has 4 rings (SSSR count). The molecule has 0 fully saturated rings. The molecule has 5 nitrogen and oxygen atoms in total. The van der Waals surface area contributed by atoms with Crippen molar-refractivity contribution in [2.75, 3.05) is 26.7 Å². The molecule has 0 N–H and O–H groups in total. The van der Waals surface area contributed by atoms with Crippen LogP contribution in [0, 0.1) is 0 Å². The van der Waals surface area contributed by atoms with Crippen molar-refractivity contribution in [3.8, 4) is 5.75 Å². The van der Waals surface area contributed by atoms with E-state index in [1.165, 1.54) is 10.4 Å². The quantitative estimate of drug-likeness (QED) is 0.394. The zero-order chi connectivity index (χ0) is 24.1. The molecule has 1 aliphatic rings. The zero-order valence-electron chi connectivity index (χ0n) is 19.5. The topological polar surface area (TPSA) is 49.9 Å². The number of fused-ring (bicyclic) bond motifs is 1. The second-order valence-corrected chi connectivity index (χ2v) is 9.84. The third-order valence-corrected chi connectivity index (χ3v) is 7.45. The molecule has 2 aromatic carbocycles. The first-order valence-electron chi connectivity index (χ1n) is 11.6. The minimum absolute atomic E-state index is 0.0453. The lowest BCUT2D eigenvalue weighted by atomic mass is 9.93. The number of carbonyl (C=O) groups excluding carboxylic acids is 2. The highest BCUT2D eigenvalue weighted by Crippen LogP contribution is 2.38. The number of amides is 2. The van der Waals surface area contributed by atoms with Gasteiger partial charge < -0.3 is 14.5 Å². The van der Waals surface area contributed by atoms with Crippen LogP contribution < -0.4 is 4.74 Å². The van der Waals surface area contributed by atoms with Crippen LogP contribution in [0.25, 0.3) is 0 Å². The van der Waals surface area contributed by atoms with E-state index in [-0.39, 0.29) is 24.4 Å². The SMILES string of the molecule is CCCCN(CC(=O)N1CCc2sccc2C1c1ccc(OC)cc1)C(=O)c1ccc(Cl)cc1. The number of hydrogen-bond acceptors (Lipinski definition) is 4. The van der Waals surface area contributed by atoms with Crippen LogP contribution in [0.1, 0.15) is 52.2 Å². The van der Waals surface area contributed by atoms with Gasteiger partial charge in [-0.05, 0) is 71.8 Å². The van der Waals surface area contributed by atoms with Crippen molar-refractivity contribution in [3.63, 3.8) is 0 Å². The molecule has 2 amide bonds. The minimum atomic E-state index is -0.174. The Kier molecular flexibility index (Phi) is 7.91. The van der Waals surface area contributed by atoms with Gasteiger partial charge in [0.15, 0.2) is 0 Å². The Morgan fingerprint density at radius 1 is 1.12 bits per heavy atom. The molecule has 7 heteroatoms. The Morgan fingerprint density at radius 2 is 1.85 bits per heavy atom. The maximum absolute atomic E-state index is 13.7. The normalized spacial score (nSPS) is 15.0. The second kappa shape index (κ2) is 11.1. The largest absolute Gasteiger partial charge is 0.497 e. The predicted molar refractivity (Wildman–Crippen MR) is 137 cm³/mol. The first kappa shape index (κ1) is 24.3. The summed E-state index contributed by atoms with van der Waals surface area (Å²) in [6, 6.07) is 16.7. The van der Waals surface area contributed by atoms with Gasteiger partial charge in [-0.1, -0.05) is 37.1 Å². The third kappa shape index (κ3) is 5.29. The van der Waals surface area contributed by atoms with E-state index < -0.39 is 0 Å². The first-order chi connectivity index (χ1) is 16.5. The lowest BCUT2D eigenvalue weighted by Crippen LogP contribution is -2.47. The number of unbranched alkanes of at least 4 members (excludes halogenated alkanes) is 1. The Labute approximate surface area is 209 Å². The monoisotopic (exact) mass is 496 g/mol. The van der Waals surface area contributed by atoms with E-state index in [4.69, 9.17) is 16.3 Å². The van der Waals surface area contributed by atoms with E-state index in [2.05, 4.69) is 18.4 Å². The Hall–Kier alpha value is -2.83. The predicted octanol–water partition coefficient (Wildman–Crippen LogP) is 5.83. The molecule has 178 valence electrons. The van der Waals surface area contributed by atoms with Crippen molar-refractivity contribution >= 4 is 34.8 Å². The summed E-state index contributed by atoms with van der Waals surface area (Å²) in [6.45, 7) is 3.29. The fourth-order valence-electron chi connectivity index (χ4n) is 4.36. The summed E-state index contributed by atoms with van der Waals surface area (Å²) in [5.74, 6) is 0.589. The summed E-state index contributed by atoms with van der Waals surface area (Å²) >= 11 is 7.73. The van der Waals surface area contributed by atoms with Crippen molar-refractivity contribution in [1.29, 1.82) is 0 Å². The summed E-state index contributed by atoms with van der Waals surface area (Å²) in [6.07, 6.45) is 2.60. The molecule has 1 atom stereocenters. The first-order valence-corrected chi connectivity index (χ1v) is 12.8. The third-order valence-electron chi connectivity index (χ3n) is 6.20. The summed E-state index contributed by atoms with van der Waals surface area (Å²) in [5.41, 5.74) is 2.75. The van der Waals surface area contributed by atoms with Crippen LogP contribution in [0.15, 0.2) is 60.0 Å². The number of benzene rings is 2. The summed E-state index contributed by atoms with van der Waals surface area (Å²) in [4.78, 5) is 31.9. The Balaban J connectivity index is 1.60. The number of ether oxygens (including phenoxy) is 1. The maximum atomic E-state index is 13.7. The van der Waals surface area contributed by atoms with Crippen LogP contribution in [-0.2, 0) is 11.2 Å². The molecule has 34 heavy (non-hydrogen) atoms. The average molecular weight is 497 g/mol. The zero-order valence-corrected chi connectivity index (χ0v) is 21.1. The van der Waals surface area contributed by atoms with Crippen LogP contribution in [0.4, 0.5) is 0 Å². The molecular weight excluding hydrogens is 468 g/mol. The van der Waals surface area contributed by atoms with Crippen LogP contribution >= 0.6 is 22.9 Å². The Morgan fingerprint density at radius 3 is 2.53 bits per heavy atom. The number of methoxy groups -OCH3 is 1. The molecule has 0 saturated carbocycles. The van der Waals surface area contributed by atoms with E-state index >= 15 is 0 Å². The van der Waals surface area contributed by atoms with Crippen molar-refractivity contribution in [2.45, 2.75) is 32.2 Å². The van der Waals surface area contributed by atoms with E-state index in [9.17, 15) is 9.59 Å². The molecule has 1 aromatic heterocycles. The molecule has 0 saturated heterocycles. The van der Waals surface area contributed by atoms with Gasteiger partial charge in [-0.25, -0.2) is 0 Å². The maximum Gasteiger partial charge on any atom is 0.254 e. The van der Waals surface area contributed by atoms with Gasteiger partial charge in [-0.15, -0.1) is 11.3 Å². The molecule has 1 unspecified atom stereocenters. The van der Waals surface area contributed by atoms with Gasteiger partial charge >= 0.3 is 0 Å². The molecule has 0 radical (unpaired) electrons. The highest BCUT2D eigenvalue weighted by atomic mass is 35.5. The lowest BCUT2D eigenvalue weighted by Gasteiger charge is -2.37. The molecule has 0 bridgehead atoms. The van der Waals surface area contributed by atoms with Gasteiger partial charge in [0.05, 0.1) is 13.2 Å². The van der Waals surface area contributed by atoms with Gasteiger partial charge in [0.2, 0.25) is 5.91 Å². The highest BCUT2D eigenvalue weighted by Gasteiger charge is 2.34. The van der Waals surface area contributed by atoms with E-state index in [0.29, 0.717) is 23.7 Å². The van der Waals surface area contributed by atoms with Gasteiger partial charge in [0, 0.05) is 28.6 Å². The molecule has 0 spiro atoms. The lowest BCUT2D eigenvalue weighted by molar-refractivity contribution is -0.134. The van der Waals surface area contributed by atoms with Gasteiger partial charge in [-0.2, -0.15) is 0 Å². The van der Waals surface area contributed by atoms with Crippen LogP contribution in [0.5, 0.6) is 5.75 Å². The van der Waals surface area contributed by atoms with Crippen molar-refractivity contribution in [1.82, 2.24) is 9.80 Å². The average Bonchev–Trinajstić information content (AvgIpc) is 3.35.